The van der Waals surface area contributed by atoms with Crippen molar-refractivity contribution >= 4 is 19.9 Å². The van der Waals surface area contributed by atoms with Crippen molar-refractivity contribution < 1.29 is 36.5 Å². The van der Waals surface area contributed by atoms with Crippen LogP contribution in [-0.4, -0.2) is 99.3 Å². The Morgan fingerprint density at radius 2 is 1.59 bits per heavy atom. The number of nitrogens with one attached hydrogen (secondary N) is 2. The fourth-order valence-electron chi connectivity index (χ4n) is 7.32. The van der Waals surface area contributed by atoms with Gasteiger partial charge in [-0.15, -0.1) is 0 Å². The predicted molar refractivity (Wildman–Crippen MR) is 194 cm³/mol. The van der Waals surface area contributed by atoms with Gasteiger partial charge in [0.25, 0.3) is 0 Å². The molecule has 11 nitrogen and oxygen atoms in total. The number of sulfone groups is 1. The molecule has 51 heavy (non-hydrogen) atoms. The summed E-state index contributed by atoms with van der Waals surface area (Å²) in [7, 11) is -7.35. The molecule has 4 N–H and O–H groups in total. The number of hydrogen-bond acceptors (Lipinski definition) is 10. The van der Waals surface area contributed by atoms with Gasteiger partial charge in [-0.25, -0.2) is 16.8 Å². The molecular formula is C38H49N3O8S2. The number of hydrogen-bond donors (Lipinski definition) is 4. The first-order valence-electron chi connectivity index (χ1n) is 18.1. The van der Waals surface area contributed by atoms with E-state index in [9.17, 15) is 27.0 Å². The molecule has 0 aromatic heterocycles. The maximum atomic E-state index is 13.7. The lowest BCUT2D eigenvalue weighted by Crippen LogP contribution is -2.47. The van der Waals surface area contributed by atoms with Crippen molar-refractivity contribution in [1.29, 1.82) is 0 Å². The van der Waals surface area contributed by atoms with Crippen molar-refractivity contribution in [3.63, 3.8) is 0 Å². The quantitative estimate of drug-likeness (QED) is 0.182. The van der Waals surface area contributed by atoms with Crippen LogP contribution in [0.3, 0.4) is 0 Å². The Hall–Kier alpha value is -2.88. The highest BCUT2D eigenvalue weighted by Crippen LogP contribution is 2.46. The summed E-state index contributed by atoms with van der Waals surface area (Å²) >= 11 is 0. The van der Waals surface area contributed by atoms with Crippen LogP contribution in [0, 0.1) is 0 Å². The summed E-state index contributed by atoms with van der Waals surface area (Å²) in [6.07, 6.45) is 5.71. The van der Waals surface area contributed by atoms with E-state index in [4.69, 9.17) is 9.47 Å². The van der Waals surface area contributed by atoms with Crippen LogP contribution in [0.25, 0.3) is 11.1 Å². The normalized spacial score (nSPS) is 22.4. The average Bonchev–Trinajstić information content (AvgIpc) is 3.86. The Kier molecular flexibility index (Phi) is 10.6. The summed E-state index contributed by atoms with van der Waals surface area (Å²) in [5.74, 6) is 0.335. The fourth-order valence-corrected chi connectivity index (χ4v) is 10.6. The van der Waals surface area contributed by atoms with Gasteiger partial charge in [-0.05, 0) is 92.0 Å². The van der Waals surface area contributed by atoms with Crippen molar-refractivity contribution in [2.75, 3.05) is 39.5 Å². The Bertz CT molecular complexity index is 1890. The van der Waals surface area contributed by atoms with E-state index in [2.05, 4.69) is 34.9 Å². The molecule has 1 spiro atoms. The highest BCUT2D eigenvalue weighted by Gasteiger charge is 2.54. The molecular weight excluding hydrogens is 691 g/mol. The van der Waals surface area contributed by atoms with Gasteiger partial charge in [0.15, 0.2) is 9.84 Å². The average molecular weight is 740 g/mol. The van der Waals surface area contributed by atoms with Gasteiger partial charge in [-0.1, -0.05) is 48.9 Å². The number of benzene rings is 3. The van der Waals surface area contributed by atoms with Crippen molar-refractivity contribution in [3.8, 4) is 16.9 Å². The van der Waals surface area contributed by atoms with Crippen LogP contribution in [0.5, 0.6) is 5.75 Å². The molecule has 7 rings (SSSR count). The van der Waals surface area contributed by atoms with Crippen LogP contribution in [-0.2, 0) is 31.1 Å². The molecule has 4 aliphatic rings. The first kappa shape index (κ1) is 36.5. The number of piperidine rings is 1. The Balaban J connectivity index is 0.870. The molecule has 2 saturated carbocycles. The SMILES string of the molecule is O=S(=O)(c1cccc(-c2ccc(CNC3CCC3)cc2)c1)N1CCC2(CC1)C[C@@H](NCC(O)COc1cccc(S(=O)(=O)C3(CO)CC3)c1)CO2. The maximum absolute atomic E-state index is 13.7. The minimum Gasteiger partial charge on any atom is -0.491 e. The number of nitrogens with zero attached hydrogens (tertiary/aromatic N) is 1. The van der Waals surface area contributed by atoms with E-state index in [0.29, 0.717) is 68.5 Å². The molecule has 13 heteroatoms. The number of aliphatic hydroxyl groups is 2. The molecule has 3 aromatic rings. The van der Waals surface area contributed by atoms with E-state index in [-0.39, 0.29) is 24.1 Å². The van der Waals surface area contributed by atoms with Gasteiger partial charge in [0, 0.05) is 38.3 Å². The minimum absolute atomic E-state index is 0.00144. The number of aliphatic hydroxyl groups excluding tert-OH is 2. The number of sulfonamides is 1. The third kappa shape index (κ3) is 7.91. The molecule has 2 heterocycles. The molecule has 1 unspecified atom stereocenters. The molecule has 0 bridgehead atoms. The smallest absolute Gasteiger partial charge is 0.243 e. The van der Waals surface area contributed by atoms with E-state index in [1.807, 2.05) is 6.07 Å². The summed E-state index contributed by atoms with van der Waals surface area (Å²) < 4.78 is 65.8. The molecule has 0 amide bonds. The summed E-state index contributed by atoms with van der Waals surface area (Å²) in [5, 5.41) is 27.2. The standard InChI is InChI=1S/C38H49N3O8S2/c42-27-38(14-15-38)50(44,45)35-8-3-7-34(21-35)48-26-33(43)24-40-32-22-37(49-25-32)16-18-41(19-17-37)51(46,47)36-9-1-4-30(20-36)29-12-10-28(11-13-29)23-39-31-5-2-6-31/h1,3-4,7-13,20-21,31-33,39-40,42-43H,2,5-6,14-19,22-27H2/t32-,33?/m1/s1. The molecule has 2 aliphatic carbocycles. The number of ether oxygens (including phenoxy) is 2. The van der Waals surface area contributed by atoms with Gasteiger partial charge >= 0.3 is 0 Å². The van der Waals surface area contributed by atoms with Crippen LogP contribution < -0.4 is 15.4 Å². The van der Waals surface area contributed by atoms with E-state index in [1.165, 1.54) is 37.0 Å². The second-order valence-corrected chi connectivity index (χ2v) is 19.0. The topological polar surface area (TPSA) is 154 Å². The highest BCUT2D eigenvalue weighted by atomic mass is 32.2. The van der Waals surface area contributed by atoms with Crippen LogP contribution >= 0.6 is 0 Å². The Morgan fingerprint density at radius 1 is 0.863 bits per heavy atom. The van der Waals surface area contributed by atoms with Crippen LogP contribution in [0.2, 0.25) is 0 Å². The first-order valence-corrected chi connectivity index (χ1v) is 21.0. The van der Waals surface area contributed by atoms with Gasteiger partial charge in [-0.2, -0.15) is 4.31 Å². The Labute approximate surface area is 301 Å². The van der Waals surface area contributed by atoms with Gasteiger partial charge in [0.1, 0.15) is 18.5 Å². The molecule has 2 saturated heterocycles. The molecule has 276 valence electrons. The van der Waals surface area contributed by atoms with Crippen LogP contribution in [0.1, 0.15) is 56.9 Å². The second-order valence-electron chi connectivity index (χ2n) is 14.7. The maximum Gasteiger partial charge on any atom is 0.243 e. The Morgan fingerprint density at radius 3 is 2.27 bits per heavy atom. The third-order valence-corrected chi connectivity index (χ3v) is 15.6. The van der Waals surface area contributed by atoms with E-state index in [0.717, 1.165) is 17.7 Å². The summed E-state index contributed by atoms with van der Waals surface area (Å²) in [6.45, 7) is 1.86. The van der Waals surface area contributed by atoms with Gasteiger partial charge in [0.2, 0.25) is 10.0 Å². The lowest BCUT2D eigenvalue weighted by Gasteiger charge is -2.38. The monoisotopic (exact) mass is 739 g/mol. The van der Waals surface area contributed by atoms with Gasteiger partial charge < -0.3 is 30.3 Å². The zero-order valence-electron chi connectivity index (χ0n) is 28.9. The summed E-state index contributed by atoms with van der Waals surface area (Å²) in [4.78, 5) is 0.396. The molecule has 3 aromatic carbocycles. The van der Waals surface area contributed by atoms with E-state index >= 15 is 0 Å². The van der Waals surface area contributed by atoms with Gasteiger partial charge in [0.05, 0.1) is 33.4 Å². The minimum atomic E-state index is -3.68. The van der Waals surface area contributed by atoms with Crippen LogP contribution in [0.4, 0.5) is 0 Å². The van der Waals surface area contributed by atoms with E-state index in [1.54, 1.807) is 34.6 Å². The second kappa shape index (κ2) is 14.9. The molecule has 0 radical (unpaired) electrons. The van der Waals surface area contributed by atoms with Crippen molar-refractivity contribution in [1.82, 2.24) is 14.9 Å². The molecule has 4 fully saturated rings. The number of rotatable bonds is 15. The van der Waals surface area contributed by atoms with E-state index < -0.39 is 42.9 Å². The third-order valence-electron chi connectivity index (χ3n) is 11.2. The van der Waals surface area contributed by atoms with Crippen molar-refractivity contribution in [3.05, 3.63) is 78.4 Å². The fraction of sp³-hybridized carbons (Fsp3) is 0.526. The highest BCUT2D eigenvalue weighted by molar-refractivity contribution is 7.93. The first-order chi connectivity index (χ1) is 24.5. The summed E-state index contributed by atoms with van der Waals surface area (Å²) in [6, 6.07) is 22.3. The summed E-state index contributed by atoms with van der Waals surface area (Å²) in [5.41, 5.74) is 2.65. The zero-order chi connectivity index (χ0) is 35.7. The van der Waals surface area contributed by atoms with Crippen molar-refractivity contribution in [2.24, 2.45) is 0 Å². The zero-order valence-corrected chi connectivity index (χ0v) is 30.5. The lowest BCUT2D eigenvalue weighted by molar-refractivity contribution is -0.0312. The largest absolute Gasteiger partial charge is 0.491 e. The lowest BCUT2D eigenvalue weighted by atomic mass is 9.88. The molecule has 2 aliphatic heterocycles. The predicted octanol–water partition coefficient (Wildman–Crippen LogP) is 3.64. The van der Waals surface area contributed by atoms with Gasteiger partial charge in [-0.3, -0.25) is 0 Å². The molecule has 2 atom stereocenters. The van der Waals surface area contributed by atoms with Crippen LogP contribution in [0.15, 0.2) is 82.6 Å². The van der Waals surface area contributed by atoms with Crippen molar-refractivity contribution in [2.45, 2.75) is 96.2 Å².